The van der Waals surface area contributed by atoms with Gasteiger partial charge < -0.3 is 10.3 Å². The van der Waals surface area contributed by atoms with Gasteiger partial charge in [-0.3, -0.25) is 0 Å². The van der Waals surface area contributed by atoms with Gasteiger partial charge in [0, 0.05) is 5.38 Å². The van der Waals surface area contributed by atoms with Crippen LogP contribution in [0.4, 0.5) is 0 Å². The first-order valence-electron chi connectivity index (χ1n) is 6.99. The van der Waals surface area contributed by atoms with Crippen molar-refractivity contribution in [2.24, 2.45) is 5.73 Å². The maximum Gasteiger partial charge on any atom is 0.277 e. The molecule has 0 aromatic carbocycles. The van der Waals surface area contributed by atoms with E-state index in [-0.39, 0.29) is 0 Å². The highest BCUT2D eigenvalue weighted by molar-refractivity contribution is 9.11. The summed E-state index contributed by atoms with van der Waals surface area (Å²) in [6.07, 6.45) is 4.07. The molecule has 0 amide bonds. The summed E-state index contributed by atoms with van der Waals surface area (Å²) in [6, 6.07) is 4.06. The quantitative estimate of drug-likeness (QED) is 0.708. The Labute approximate surface area is 143 Å². The maximum atomic E-state index is 6.36. The van der Waals surface area contributed by atoms with Gasteiger partial charge >= 0.3 is 0 Å². The summed E-state index contributed by atoms with van der Waals surface area (Å²) < 4.78 is 6.47. The van der Waals surface area contributed by atoms with Gasteiger partial charge in [0.25, 0.3) is 5.89 Å². The zero-order chi connectivity index (χ0) is 15.2. The second-order valence-electron chi connectivity index (χ2n) is 5.43. The normalized spacial score (nSPS) is 17.2. The zero-order valence-electron chi connectivity index (χ0n) is 11.6. The van der Waals surface area contributed by atoms with Crippen LogP contribution in [0.5, 0.6) is 0 Å². The van der Waals surface area contributed by atoms with Crippen molar-refractivity contribution >= 4 is 38.6 Å². The Morgan fingerprint density at radius 1 is 1.23 bits per heavy atom. The lowest BCUT2D eigenvalue weighted by Gasteiger charge is -2.17. The van der Waals surface area contributed by atoms with E-state index in [2.05, 4.69) is 31.1 Å². The number of hydrogen-bond donors (Lipinski definition) is 1. The SMILES string of the molecule is NC1(c2noc(-c3csc(-c4ccc(Br)s4)n3)n2)CCCC1. The molecule has 3 aromatic heterocycles. The monoisotopic (exact) mass is 396 g/mol. The summed E-state index contributed by atoms with van der Waals surface area (Å²) in [5.74, 6) is 1.05. The topological polar surface area (TPSA) is 77.8 Å². The third-order valence-corrected chi connectivity index (χ3v) is 6.51. The number of nitrogens with zero attached hydrogens (tertiary/aromatic N) is 3. The van der Waals surface area contributed by atoms with E-state index in [0.29, 0.717) is 17.4 Å². The standard InChI is InChI=1S/C14H13BrN4OS2/c15-10-4-3-9(22-10)12-17-8(7-21-12)11-18-13(19-20-11)14(16)5-1-2-6-14/h3-4,7H,1-2,5-6,16H2. The number of halogens is 1. The predicted octanol–water partition coefficient (Wildman–Crippen LogP) is 4.41. The number of thiazole rings is 1. The molecule has 0 unspecified atom stereocenters. The van der Waals surface area contributed by atoms with Gasteiger partial charge in [0.05, 0.1) is 14.2 Å². The van der Waals surface area contributed by atoms with E-state index < -0.39 is 5.54 Å². The van der Waals surface area contributed by atoms with E-state index in [4.69, 9.17) is 10.3 Å². The van der Waals surface area contributed by atoms with Crippen molar-refractivity contribution in [3.05, 3.63) is 27.1 Å². The first kappa shape index (κ1) is 14.5. The molecule has 1 fully saturated rings. The molecule has 0 spiro atoms. The van der Waals surface area contributed by atoms with E-state index in [0.717, 1.165) is 39.4 Å². The van der Waals surface area contributed by atoms with Crippen molar-refractivity contribution in [1.82, 2.24) is 15.1 Å². The summed E-state index contributed by atoms with van der Waals surface area (Å²) in [6.45, 7) is 0. The fourth-order valence-corrected chi connectivity index (χ4v) is 4.93. The maximum absolute atomic E-state index is 6.36. The molecule has 0 saturated heterocycles. The van der Waals surface area contributed by atoms with E-state index in [1.807, 2.05) is 17.5 Å². The van der Waals surface area contributed by atoms with E-state index in [9.17, 15) is 0 Å². The van der Waals surface area contributed by atoms with Crippen molar-refractivity contribution in [1.29, 1.82) is 0 Å². The van der Waals surface area contributed by atoms with Gasteiger partial charge in [-0.25, -0.2) is 4.98 Å². The third kappa shape index (κ3) is 2.54. The summed E-state index contributed by atoms with van der Waals surface area (Å²) >= 11 is 6.69. The van der Waals surface area contributed by atoms with E-state index >= 15 is 0 Å². The van der Waals surface area contributed by atoms with Crippen LogP contribution >= 0.6 is 38.6 Å². The van der Waals surface area contributed by atoms with Gasteiger partial charge in [-0.05, 0) is 40.9 Å². The number of thiophene rings is 1. The number of aromatic nitrogens is 3. The van der Waals surface area contributed by atoms with Crippen LogP contribution in [0.25, 0.3) is 21.5 Å². The molecule has 1 aliphatic rings. The second-order valence-corrected chi connectivity index (χ2v) is 8.75. The Bertz CT molecular complexity index is 803. The molecule has 5 nitrogen and oxygen atoms in total. The molecule has 3 heterocycles. The van der Waals surface area contributed by atoms with Crippen LogP contribution in [0, 0.1) is 0 Å². The predicted molar refractivity (Wildman–Crippen MR) is 90.8 cm³/mol. The molecule has 0 atom stereocenters. The Morgan fingerprint density at radius 2 is 2.05 bits per heavy atom. The van der Waals surface area contributed by atoms with Crippen LogP contribution in [-0.2, 0) is 5.54 Å². The third-order valence-electron chi connectivity index (χ3n) is 3.87. The Balaban J connectivity index is 1.63. The van der Waals surface area contributed by atoms with E-state index in [1.165, 1.54) is 0 Å². The molecule has 1 aliphatic carbocycles. The van der Waals surface area contributed by atoms with E-state index in [1.54, 1.807) is 22.7 Å². The van der Waals surface area contributed by atoms with Crippen molar-refractivity contribution in [3.8, 4) is 21.5 Å². The number of rotatable bonds is 3. The summed E-state index contributed by atoms with van der Waals surface area (Å²) in [4.78, 5) is 10.2. The second kappa shape index (κ2) is 5.52. The van der Waals surface area contributed by atoms with Crippen LogP contribution in [-0.4, -0.2) is 15.1 Å². The van der Waals surface area contributed by atoms with Gasteiger partial charge in [-0.15, -0.1) is 22.7 Å². The molecule has 2 N–H and O–H groups in total. The molecule has 0 radical (unpaired) electrons. The minimum Gasteiger partial charge on any atom is -0.332 e. The molecular formula is C14H13BrN4OS2. The largest absolute Gasteiger partial charge is 0.332 e. The summed E-state index contributed by atoms with van der Waals surface area (Å²) in [5, 5.41) is 6.98. The van der Waals surface area contributed by atoms with Gasteiger partial charge in [-0.1, -0.05) is 18.0 Å². The minimum atomic E-state index is -0.431. The Hall–Kier alpha value is -1.09. The van der Waals surface area contributed by atoms with Crippen molar-refractivity contribution in [2.75, 3.05) is 0 Å². The Morgan fingerprint density at radius 3 is 2.77 bits per heavy atom. The highest BCUT2D eigenvalue weighted by Crippen LogP contribution is 2.37. The van der Waals surface area contributed by atoms with Crippen LogP contribution in [0.15, 0.2) is 25.8 Å². The van der Waals surface area contributed by atoms with Gasteiger partial charge in [0.2, 0.25) is 0 Å². The summed E-state index contributed by atoms with van der Waals surface area (Å²) in [5.41, 5.74) is 6.65. The average molecular weight is 397 g/mol. The zero-order valence-corrected chi connectivity index (χ0v) is 14.8. The van der Waals surface area contributed by atoms with Crippen LogP contribution in [0.3, 0.4) is 0 Å². The van der Waals surface area contributed by atoms with Crippen molar-refractivity contribution in [3.63, 3.8) is 0 Å². The molecule has 1 saturated carbocycles. The fraction of sp³-hybridized carbons (Fsp3) is 0.357. The lowest BCUT2D eigenvalue weighted by atomic mass is 9.99. The van der Waals surface area contributed by atoms with Crippen LogP contribution in [0.1, 0.15) is 31.5 Å². The van der Waals surface area contributed by atoms with Gasteiger partial charge in [0.1, 0.15) is 10.7 Å². The molecule has 0 bridgehead atoms. The van der Waals surface area contributed by atoms with Gasteiger partial charge in [0.15, 0.2) is 5.82 Å². The molecule has 0 aliphatic heterocycles. The lowest BCUT2D eigenvalue weighted by molar-refractivity contribution is 0.372. The molecule has 114 valence electrons. The number of hydrogen-bond acceptors (Lipinski definition) is 7. The van der Waals surface area contributed by atoms with Crippen molar-refractivity contribution in [2.45, 2.75) is 31.2 Å². The smallest absolute Gasteiger partial charge is 0.277 e. The molecule has 22 heavy (non-hydrogen) atoms. The Kier molecular flexibility index (Phi) is 3.64. The minimum absolute atomic E-state index is 0.431. The van der Waals surface area contributed by atoms with Crippen LogP contribution in [0.2, 0.25) is 0 Å². The fourth-order valence-electron chi connectivity index (χ4n) is 2.67. The summed E-state index contributed by atoms with van der Waals surface area (Å²) in [7, 11) is 0. The molecule has 4 rings (SSSR count). The average Bonchev–Trinajstić information content (AvgIpc) is 3.25. The molecular weight excluding hydrogens is 384 g/mol. The van der Waals surface area contributed by atoms with Gasteiger partial charge in [-0.2, -0.15) is 4.98 Å². The molecule has 3 aromatic rings. The molecule has 8 heteroatoms. The highest BCUT2D eigenvalue weighted by atomic mass is 79.9. The lowest BCUT2D eigenvalue weighted by Crippen LogP contribution is -2.34. The van der Waals surface area contributed by atoms with Crippen LogP contribution < -0.4 is 5.73 Å². The first-order chi connectivity index (χ1) is 10.6. The van der Waals surface area contributed by atoms with Crippen molar-refractivity contribution < 1.29 is 4.52 Å². The number of nitrogens with two attached hydrogens (primary N) is 1. The highest BCUT2D eigenvalue weighted by Gasteiger charge is 2.36. The first-order valence-corrected chi connectivity index (χ1v) is 9.48.